The van der Waals surface area contributed by atoms with Crippen LogP contribution >= 0.6 is 0 Å². The lowest BCUT2D eigenvalue weighted by molar-refractivity contribution is 0.709. The average Bonchev–Trinajstić information content (AvgIpc) is 2.90. The lowest BCUT2D eigenvalue weighted by atomic mass is 10.3. The molecule has 0 N–H and O–H groups in total. The van der Waals surface area contributed by atoms with Gasteiger partial charge in [-0.05, 0) is 30.7 Å². The van der Waals surface area contributed by atoms with Crippen molar-refractivity contribution in [3.8, 4) is 0 Å². The molecule has 0 saturated heterocycles. The van der Waals surface area contributed by atoms with Gasteiger partial charge in [0.05, 0.1) is 5.69 Å². The molecule has 0 saturated carbocycles. The summed E-state index contributed by atoms with van der Waals surface area (Å²) < 4.78 is 1.96. The smallest absolute Gasteiger partial charge is 0.249 e. The van der Waals surface area contributed by atoms with Crippen molar-refractivity contribution in [1.82, 2.24) is 9.55 Å². The first-order valence-corrected chi connectivity index (χ1v) is 6.52. The molecule has 0 amide bonds. The zero-order chi connectivity index (χ0) is 14.4. The molecule has 1 heterocycles. The number of allylic oxidation sites excluding steroid dienone is 1. The van der Waals surface area contributed by atoms with Crippen LogP contribution in [-0.4, -0.2) is 23.6 Å². The van der Waals surface area contributed by atoms with E-state index in [-0.39, 0.29) is 0 Å². The first kappa shape index (κ1) is 14.0. The predicted octanol–water partition coefficient (Wildman–Crippen LogP) is 3.94. The van der Waals surface area contributed by atoms with Crippen LogP contribution in [0.15, 0.2) is 59.5 Å². The molecule has 0 spiro atoms. The number of rotatable bonds is 6. The van der Waals surface area contributed by atoms with Crippen LogP contribution in [0.1, 0.15) is 6.42 Å². The summed E-state index contributed by atoms with van der Waals surface area (Å²) in [5.41, 5.74) is 1.95. The summed E-state index contributed by atoms with van der Waals surface area (Å²) in [6.45, 7) is 4.53. The van der Waals surface area contributed by atoms with E-state index >= 15 is 0 Å². The van der Waals surface area contributed by atoms with Gasteiger partial charge in [-0.15, -0.1) is 16.8 Å². The molecule has 0 aliphatic heterocycles. The minimum atomic E-state index is 0.614. The molecule has 5 heteroatoms. The number of hydrogen-bond acceptors (Lipinski definition) is 4. The van der Waals surface area contributed by atoms with E-state index in [1.807, 2.05) is 60.1 Å². The second kappa shape index (κ2) is 6.65. The maximum Gasteiger partial charge on any atom is 0.249 e. The number of aromatic nitrogens is 2. The van der Waals surface area contributed by atoms with Gasteiger partial charge >= 0.3 is 0 Å². The largest absolute Gasteiger partial charge is 0.378 e. The van der Waals surface area contributed by atoms with E-state index in [1.165, 1.54) is 0 Å². The number of anilines is 1. The molecule has 0 fully saturated rings. The average molecular weight is 269 g/mol. The van der Waals surface area contributed by atoms with Crippen LogP contribution in [0.3, 0.4) is 0 Å². The van der Waals surface area contributed by atoms with Gasteiger partial charge in [0.15, 0.2) is 0 Å². The number of aryl methyl sites for hydroxylation is 1. The van der Waals surface area contributed by atoms with Crippen molar-refractivity contribution in [3.63, 3.8) is 0 Å². The Kier molecular flexibility index (Phi) is 4.65. The molecule has 20 heavy (non-hydrogen) atoms. The molecular weight excluding hydrogens is 250 g/mol. The van der Waals surface area contributed by atoms with Crippen molar-refractivity contribution >= 4 is 17.3 Å². The monoisotopic (exact) mass is 269 g/mol. The highest BCUT2D eigenvalue weighted by molar-refractivity contribution is 5.51. The van der Waals surface area contributed by atoms with E-state index in [0.29, 0.717) is 5.95 Å². The van der Waals surface area contributed by atoms with Gasteiger partial charge in [-0.3, -0.25) is 0 Å². The minimum Gasteiger partial charge on any atom is -0.378 e. The Hall–Kier alpha value is -2.43. The van der Waals surface area contributed by atoms with Crippen molar-refractivity contribution < 1.29 is 0 Å². The van der Waals surface area contributed by atoms with Crippen molar-refractivity contribution in [2.45, 2.75) is 13.0 Å². The summed E-state index contributed by atoms with van der Waals surface area (Å²) in [6, 6.07) is 7.91. The third-order valence-corrected chi connectivity index (χ3v) is 2.89. The lowest BCUT2D eigenvalue weighted by Crippen LogP contribution is -2.07. The fraction of sp³-hybridized carbons (Fsp3) is 0.267. The van der Waals surface area contributed by atoms with E-state index in [4.69, 9.17) is 0 Å². The van der Waals surface area contributed by atoms with Gasteiger partial charge in [0, 0.05) is 38.7 Å². The lowest BCUT2D eigenvalue weighted by Gasteiger charge is -2.11. The molecule has 2 rings (SSSR count). The topological polar surface area (TPSA) is 45.8 Å². The third kappa shape index (κ3) is 3.54. The van der Waals surface area contributed by atoms with Crippen molar-refractivity contribution in [2.24, 2.45) is 10.2 Å². The van der Waals surface area contributed by atoms with Crippen molar-refractivity contribution in [1.29, 1.82) is 0 Å². The summed E-state index contributed by atoms with van der Waals surface area (Å²) in [5, 5.41) is 8.41. The molecular formula is C15H19N5. The third-order valence-electron chi connectivity index (χ3n) is 2.89. The predicted molar refractivity (Wildman–Crippen MR) is 82.0 cm³/mol. The fourth-order valence-electron chi connectivity index (χ4n) is 1.73. The van der Waals surface area contributed by atoms with Gasteiger partial charge in [-0.2, -0.15) is 0 Å². The maximum absolute atomic E-state index is 4.22. The molecule has 1 aromatic carbocycles. The first-order chi connectivity index (χ1) is 9.70. The van der Waals surface area contributed by atoms with E-state index in [9.17, 15) is 0 Å². The molecule has 0 radical (unpaired) electrons. The zero-order valence-electron chi connectivity index (χ0n) is 11.9. The number of azo groups is 1. The molecule has 0 unspecified atom stereocenters. The standard InChI is InChI=1S/C15H19N5/c1-4-5-11-20-12-10-16-15(20)18-17-13-6-8-14(9-7-13)19(2)3/h4,6-10,12H,1,5,11H2,2-3H3. The summed E-state index contributed by atoms with van der Waals surface area (Å²) in [5.74, 6) is 0.614. The Bertz CT molecular complexity index is 581. The van der Waals surface area contributed by atoms with Crippen molar-refractivity contribution in [2.75, 3.05) is 19.0 Å². The molecule has 0 aliphatic rings. The van der Waals surface area contributed by atoms with Gasteiger partial charge < -0.3 is 9.47 Å². The van der Waals surface area contributed by atoms with Crippen LogP contribution in [0.2, 0.25) is 0 Å². The van der Waals surface area contributed by atoms with Crippen LogP contribution < -0.4 is 4.90 Å². The van der Waals surface area contributed by atoms with E-state index in [0.717, 1.165) is 24.3 Å². The van der Waals surface area contributed by atoms with Crippen LogP contribution in [0.5, 0.6) is 0 Å². The quantitative estimate of drug-likeness (QED) is 0.589. The molecule has 2 aromatic rings. The van der Waals surface area contributed by atoms with Gasteiger partial charge in [-0.25, -0.2) is 4.98 Å². The normalized spacial score (nSPS) is 10.9. The van der Waals surface area contributed by atoms with Gasteiger partial charge in [0.25, 0.3) is 0 Å². The molecule has 0 aliphatic carbocycles. The summed E-state index contributed by atoms with van der Waals surface area (Å²) >= 11 is 0. The zero-order valence-corrected chi connectivity index (χ0v) is 11.9. The summed E-state index contributed by atoms with van der Waals surface area (Å²) in [4.78, 5) is 6.23. The maximum atomic E-state index is 4.22. The molecule has 5 nitrogen and oxygen atoms in total. The van der Waals surface area contributed by atoms with Crippen LogP contribution in [0.25, 0.3) is 0 Å². The molecule has 0 atom stereocenters. The van der Waals surface area contributed by atoms with Gasteiger partial charge in [0.1, 0.15) is 0 Å². The molecule has 0 bridgehead atoms. The van der Waals surface area contributed by atoms with E-state index in [1.54, 1.807) is 6.20 Å². The highest BCUT2D eigenvalue weighted by atomic mass is 15.3. The summed E-state index contributed by atoms with van der Waals surface area (Å²) in [6.07, 6.45) is 6.39. The van der Waals surface area contributed by atoms with Gasteiger partial charge in [-0.1, -0.05) is 6.08 Å². The highest BCUT2D eigenvalue weighted by Gasteiger charge is 2.00. The fourth-order valence-corrected chi connectivity index (χ4v) is 1.73. The Balaban J connectivity index is 2.09. The Labute approximate surface area is 119 Å². The van der Waals surface area contributed by atoms with Crippen LogP contribution in [0.4, 0.5) is 17.3 Å². The van der Waals surface area contributed by atoms with E-state index in [2.05, 4.69) is 21.8 Å². The van der Waals surface area contributed by atoms with Crippen LogP contribution in [-0.2, 0) is 6.54 Å². The minimum absolute atomic E-state index is 0.614. The van der Waals surface area contributed by atoms with E-state index < -0.39 is 0 Å². The SMILES string of the molecule is C=CCCn1ccnc1N=Nc1ccc(N(C)C)cc1. The Morgan fingerprint density at radius 1 is 1.25 bits per heavy atom. The first-order valence-electron chi connectivity index (χ1n) is 6.52. The molecule has 104 valence electrons. The Morgan fingerprint density at radius 3 is 2.65 bits per heavy atom. The molecule has 1 aromatic heterocycles. The Morgan fingerprint density at radius 2 is 2.00 bits per heavy atom. The van der Waals surface area contributed by atoms with Crippen LogP contribution in [0, 0.1) is 0 Å². The second-order valence-electron chi connectivity index (χ2n) is 4.61. The van der Waals surface area contributed by atoms with Gasteiger partial charge in [0.2, 0.25) is 5.95 Å². The summed E-state index contributed by atoms with van der Waals surface area (Å²) in [7, 11) is 4.01. The number of hydrogen-bond donors (Lipinski definition) is 0. The number of benzene rings is 1. The van der Waals surface area contributed by atoms with Crippen molar-refractivity contribution in [3.05, 3.63) is 49.3 Å². The second-order valence-corrected chi connectivity index (χ2v) is 4.61. The number of imidazole rings is 1. The number of nitrogens with zero attached hydrogens (tertiary/aromatic N) is 5. The highest BCUT2D eigenvalue weighted by Crippen LogP contribution is 2.20.